The fourth-order valence-electron chi connectivity index (χ4n) is 3.47. The monoisotopic (exact) mass is 345 g/mol. The summed E-state index contributed by atoms with van der Waals surface area (Å²) in [5.41, 5.74) is 0.737. The van der Waals surface area contributed by atoms with E-state index in [9.17, 15) is 4.79 Å². The van der Waals surface area contributed by atoms with Crippen LogP contribution >= 0.6 is 23.1 Å². The first kappa shape index (κ1) is 15.2. The van der Waals surface area contributed by atoms with Crippen molar-refractivity contribution in [3.63, 3.8) is 0 Å². The molecule has 3 atom stereocenters. The summed E-state index contributed by atoms with van der Waals surface area (Å²) in [6.07, 6.45) is 4.22. The van der Waals surface area contributed by atoms with E-state index >= 15 is 0 Å². The van der Waals surface area contributed by atoms with E-state index in [1.165, 1.54) is 19.5 Å². The zero-order chi connectivity index (χ0) is 15.6. The van der Waals surface area contributed by atoms with E-state index in [0.717, 1.165) is 33.7 Å². The van der Waals surface area contributed by atoms with Crippen LogP contribution in [-0.4, -0.2) is 41.5 Å². The van der Waals surface area contributed by atoms with E-state index in [1.807, 2.05) is 35.8 Å². The highest BCUT2D eigenvalue weighted by Crippen LogP contribution is 2.29. The van der Waals surface area contributed by atoms with Crippen LogP contribution in [0.5, 0.6) is 0 Å². The van der Waals surface area contributed by atoms with Crippen molar-refractivity contribution in [3.05, 3.63) is 41.4 Å². The Bertz CT molecular complexity index is 660. The number of carbonyl (C=O) groups is 1. The van der Waals surface area contributed by atoms with Crippen LogP contribution < -0.4 is 5.32 Å². The third kappa shape index (κ3) is 3.59. The molecule has 0 radical (unpaired) electrons. The number of hydrogen-bond donors (Lipinski definition) is 1. The minimum absolute atomic E-state index is 0.0447. The Labute approximate surface area is 144 Å². The molecule has 4 rings (SSSR count). The number of thiazole rings is 1. The molecule has 0 aliphatic carbocycles. The highest BCUT2D eigenvalue weighted by molar-refractivity contribution is 8.01. The van der Waals surface area contributed by atoms with Crippen molar-refractivity contribution in [2.45, 2.75) is 28.1 Å². The van der Waals surface area contributed by atoms with E-state index in [1.54, 1.807) is 23.1 Å². The third-order valence-corrected chi connectivity index (χ3v) is 6.42. The molecular formula is C17H19N3OS2. The Hall–Kier alpha value is -1.37. The minimum atomic E-state index is 0.0447. The molecule has 1 amide bonds. The van der Waals surface area contributed by atoms with Gasteiger partial charge in [-0.05, 0) is 49.6 Å². The highest BCUT2D eigenvalue weighted by atomic mass is 32.2. The van der Waals surface area contributed by atoms with E-state index in [2.05, 4.69) is 15.2 Å². The zero-order valence-electron chi connectivity index (χ0n) is 12.8. The van der Waals surface area contributed by atoms with Crippen LogP contribution in [0.4, 0.5) is 0 Å². The van der Waals surface area contributed by atoms with Gasteiger partial charge in [0.25, 0.3) is 5.91 Å². The summed E-state index contributed by atoms with van der Waals surface area (Å²) < 4.78 is 1.02. The third-order valence-electron chi connectivity index (χ3n) is 4.53. The topological polar surface area (TPSA) is 45.2 Å². The van der Waals surface area contributed by atoms with Gasteiger partial charge >= 0.3 is 0 Å². The standard InChI is InChI=1S/C17H19N3OS2/c21-16(19-14-9-12-5-7-20(10-12)11-14)13-1-3-15(4-2-13)23-17-18-6-8-22-17/h1-4,6,8,12,14H,5,7,9-11H2,(H,19,21). The quantitative estimate of drug-likeness (QED) is 0.925. The molecule has 120 valence electrons. The number of carbonyl (C=O) groups excluding carboxylic acids is 1. The Kier molecular flexibility index (Phi) is 4.37. The fourth-order valence-corrected chi connectivity index (χ4v) is 5.06. The van der Waals surface area contributed by atoms with Crippen molar-refractivity contribution in [2.24, 2.45) is 5.92 Å². The van der Waals surface area contributed by atoms with E-state index < -0.39 is 0 Å². The summed E-state index contributed by atoms with van der Waals surface area (Å²) in [5, 5.41) is 5.17. The van der Waals surface area contributed by atoms with Gasteiger partial charge in [-0.25, -0.2) is 4.98 Å². The van der Waals surface area contributed by atoms with Crippen molar-refractivity contribution in [1.82, 2.24) is 15.2 Å². The zero-order valence-corrected chi connectivity index (χ0v) is 14.4. The number of piperidine rings is 1. The van der Waals surface area contributed by atoms with Gasteiger partial charge in [0.1, 0.15) is 0 Å². The maximum absolute atomic E-state index is 12.4. The lowest BCUT2D eigenvalue weighted by atomic mass is 9.96. The largest absolute Gasteiger partial charge is 0.348 e. The molecule has 6 heteroatoms. The number of hydrogen-bond acceptors (Lipinski definition) is 5. The lowest BCUT2D eigenvalue weighted by Gasteiger charge is -2.30. The van der Waals surface area contributed by atoms with Gasteiger partial charge in [-0.1, -0.05) is 11.8 Å². The molecule has 3 unspecified atom stereocenters. The van der Waals surface area contributed by atoms with Crippen molar-refractivity contribution in [2.75, 3.05) is 19.6 Å². The summed E-state index contributed by atoms with van der Waals surface area (Å²) in [6, 6.07) is 8.10. The molecule has 2 fully saturated rings. The van der Waals surface area contributed by atoms with E-state index in [4.69, 9.17) is 0 Å². The molecule has 2 aromatic rings. The smallest absolute Gasteiger partial charge is 0.251 e. The van der Waals surface area contributed by atoms with Crippen LogP contribution in [0.1, 0.15) is 23.2 Å². The fraction of sp³-hybridized carbons (Fsp3) is 0.412. The lowest BCUT2D eigenvalue weighted by Crippen LogP contribution is -2.47. The Morgan fingerprint density at radius 2 is 2.17 bits per heavy atom. The van der Waals surface area contributed by atoms with Crippen LogP contribution in [0.2, 0.25) is 0 Å². The molecule has 2 saturated heterocycles. The molecule has 23 heavy (non-hydrogen) atoms. The molecule has 1 N–H and O–H groups in total. The first-order chi connectivity index (χ1) is 11.3. The number of aromatic nitrogens is 1. The Morgan fingerprint density at radius 1 is 1.30 bits per heavy atom. The predicted molar refractivity (Wildman–Crippen MR) is 93.1 cm³/mol. The predicted octanol–water partition coefficient (Wildman–Crippen LogP) is 3.12. The van der Waals surface area contributed by atoms with Gasteiger partial charge in [-0.2, -0.15) is 0 Å². The van der Waals surface area contributed by atoms with E-state index in [-0.39, 0.29) is 5.91 Å². The van der Waals surface area contributed by atoms with Gasteiger partial charge < -0.3 is 10.2 Å². The molecule has 2 aliphatic rings. The summed E-state index contributed by atoms with van der Waals surface area (Å²) in [6.45, 7) is 3.41. The minimum Gasteiger partial charge on any atom is -0.348 e. The molecule has 0 saturated carbocycles. The van der Waals surface area contributed by atoms with Crippen LogP contribution in [0.3, 0.4) is 0 Å². The lowest BCUT2D eigenvalue weighted by molar-refractivity contribution is 0.0909. The van der Waals surface area contributed by atoms with Crippen LogP contribution in [-0.2, 0) is 0 Å². The van der Waals surface area contributed by atoms with Crippen LogP contribution in [0, 0.1) is 5.92 Å². The SMILES string of the molecule is O=C(NC1CC2CCN(C2)C1)c1ccc(Sc2nccs2)cc1. The van der Waals surface area contributed by atoms with Gasteiger partial charge in [0.2, 0.25) is 0 Å². The second kappa shape index (κ2) is 6.63. The second-order valence-electron chi connectivity index (χ2n) is 6.24. The summed E-state index contributed by atoms with van der Waals surface area (Å²) in [5.74, 6) is 0.814. The van der Waals surface area contributed by atoms with Gasteiger partial charge in [0.15, 0.2) is 4.34 Å². The van der Waals surface area contributed by atoms with Gasteiger partial charge in [0, 0.05) is 41.2 Å². The Morgan fingerprint density at radius 3 is 2.91 bits per heavy atom. The van der Waals surface area contributed by atoms with Crippen LogP contribution in [0.25, 0.3) is 0 Å². The summed E-state index contributed by atoms with van der Waals surface area (Å²) in [7, 11) is 0. The Balaban J connectivity index is 1.36. The average Bonchev–Trinajstić information content (AvgIpc) is 3.18. The number of fused-ring (bicyclic) bond motifs is 2. The van der Waals surface area contributed by atoms with Gasteiger partial charge in [-0.3, -0.25) is 4.79 Å². The van der Waals surface area contributed by atoms with Crippen molar-refractivity contribution in [1.29, 1.82) is 0 Å². The molecule has 3 heterocycles. The maximum Gasteiger partial charge on any atom is 0.251 e. The second-order valence-corrected chi connectivity index (χ2v) is 8.46. The normalized spacial score (nSPS) is 26.2. The molecule has 2 bridgehead atoms. The van der Waals surface area contributed by atoms with Crippen molar-refractivity contribution in [3.8, 4) is 0 Å². The molecule has 4 nitrogen and oxygen atoms in total. The number of amides is 1. The number of nitrogens with one attached hydrogen (secondary N) is 1. The molecule has 0 spiro atoms. The first-order valence-electron chi connectivity index (χ1n) is 7.97. The molecule has 1 aromatic carbocycles. The molecular weight excluding hydrogens is 326 g/mol. The maximum atomic E-state index is 12.4. The number of nitrogens with zero attached hydrogens (tertiary/aromatic N) is 2. The highest BCUT2D eigenvalue weighted by Gasteiger charge is 2.32. The molecule has 1 aromatic heterocycles. The number of rotatable bonds is 4. The average molecular weight is 345 g/mol. The summed E-state index contributed by atoms with van der Waals surface area (Å²) >= 11 is 3.25. The first-order valence-corrected chi connectivity index (χ1v) is 9.66. The van der Waals surface area contributed by atoms with Gasteiger partial charge in [-0.15, -0.1) is 11.3 Å². The van der Waals surface area contributed by atoms with Crippen molar-refractivity contribution >= 4 is 29.0 Å². The molecule has 2 aliphatic heterocycles. The van der Waals surface area contributed by atoms with Gasteiger partial charge in [0.05, 0.1) is 0 Å². The van der Waals surface area contributed by atoms with E-state index in [0.29, 0.717) is 6.04 Å². The van der Waals surface area contributed by atoms with Crippen LogP contribution in [0.15, 0.2) is 45.1 Å². The van der Waals surface area contributed by atoms with Crippen molar-refractivity contribution < 1.29 is 4.79 Å². The number of benzene rings is 1. The summed E-state index contributed by atoms with van der Waals surface area (Å²) in [4.78, 5) is 20.3.